The maximum atomic E-state index is 12.4. The van der Waals surface area contributed by atoms with E-state index in [-0.39, 0.29) is 5.91 Å². The van der Waals surface area contributed by atoms with Crippen LogP contribution in [-0.4, -0.2) is 52.1 Å². The van der Waals surface area contributed by atoms with Crippen LogP contribution in [0.1, 0.15) is 37.1 Å². The molecule has 1 amide bonds. The molecule has 0 unspecified atom stereocenters. The van der Waals surface area contributed by atoms with E-state index in [4.69, 9.17) is 0 Å². The highest BCUT2D eigenvalue weighted by Gasteiger charge is 2.20. The second kappa shape index (κ2) is 10.1. The SMILES string of the molecule is Cc1ccc(CNC(=O)c2nnc(CN3CCN(Cc4cccc(C)c4)CC3)s2)cc1. The van der Waals surface area contributed by atoms with E-state index in [1.165, 1.54) is 28.0 Å². The topological polar surface area (TPSA) is 61.4 Å². The molecule has 1 aliphatic rings. The van der Waals surface area contributed by atoms with Crippen molar-refractivity contribution in [2.24, 2.45) is 0 Å². The number of aryl methyl sites for hydroxylation is 2. The number of hydrogen-bond donors (Lipinski definition) is 1. The summed E-state index contributed by atoms with van der Waals surface area (Å²) in [6.07, 6.45) is 0. The van der Waals surface area contributed by atoms with Gasteiger partial charge in [-0.2, -0.15) is 0 Å². The fourth-order valence-corrected chi connectivity index (χ4v) is 4.54. The van der Waals surface area contributed by atoms with Crippen LogP contribution in [0.4, 0.5) is 0 Å². The fraction of sp³-hybridized carbons (Fsp3) is 0.375. The third-order valence-corrected chi connectivity index (χ3v) is 6.45. The molecule has 4 rings (SSSR count). The number of hydrogen-bond acceptors (Lipinski definition) is 6. The number of nitrogens with one attached hydrogen (secondary N) is 1. The molecule has 1 aliphatic heterocycles. The second-order valence-electron chi connectivity index (χ2n) is 8.21. The molecule has 0 radical (unpaired) electrons. The van der Waals surface area contributed by atoms with Gasteiger partial charge in [0.05, 0.1) is 6.54 Å². The quantitative estimate of drug-likeness (QED) is 0.616. The second-order valence-corrected chi connectivity index (χ2v) is 9.27. The Labute approximate surface area is 187 Å². The highest BCUT2D eigenvalue weighted by Crippen LogP contribution is 2.15. The average Bonchev–Trinajstić information content (AvgIpc) is 3.23. The lowest BCUT2D eigenvalue weighted by Gasteiger charge is -2.34. The van der Waals surface area contributed by atoms with Crippen LogP contribution in [0.2, 0.25) is 0 Å². The molecule has 0 saturated carbocycles. The van der Waals surface area contributed by atoms with Crippen molar-refractivity contribution in [1.29, 1.82) is 0 Å². The Morgan fingerprint density at radius 2 is 1.61 bits per heavy atom. The molecule has 0 bridgehead atoms. The van der Waals surface area contributed by atoms with E-state index in [1.54, 1.807) is 0 Å². The van der Waals surface area contributed by atoms with E-state index >= 15 is 0 Å². The van der Waals surface area contributed by atoms with Crippen molar-refractivity contribution >= 4 is 17.2 Å². The van der Waals surface area contributed by atoms with Gasteiger partial charge in [0.15, 0.2) is 0 Å². The Kier molecular flexibility index (Phi) is 7.06. The first-order chi connectivity index (χ1) is 15.0. The monoisotopic (exact) mass is 435 g/mol. The van der Waals surface area contributed by atoms with Crippen molar-refractivity contribution in [3.8, 4) is 0 Å². The molecule has 0 aliphatic carbocycles. The van der Waals surface area contributed by atoms with Crippen molar-refractivity contribution in [2.75, 3.05) is 26.2 Å². The van der Waals surface area contributed by atoms with Gasteiger partial charge in [-0.25, -0.2) is 0 Å². The summed E-state index contributed by atoms with van der Waals surface area (Å²) in [6, 6.07) is 16.9. The van der Waals surface area contributed by atoms with Gasteiger partial charge in [0.1, 0.15) is 5.01 Å². The summed E-state index contributed by atoms with van der Waals surface area (Å²) in [5.41, 5.74) is 4.97. The zero-order valence-electron chi connectivity index (χ0n) is 18.2. The molecule has 1 fully saturated rings. The van der Waals surface area contributed by atoms with E-state index in [2.05, 4.69) is 63.4 Å². The number of piperazine rings is 1. The fourth-order valence-electron chi connectivity index (χ4n) is 3.74. The molecule has 3 aromatic rings. The van der Waals surface area contributed by atoms with Gasteiger partial charge < -0.3 is 5.32 Å². The summed E-state index contributed by atoms with van der Waals surface area (Å²) in [6.45, 7) is 10.5. The summed E-state index contributed by atoms with van der Waals surface area (Å²) in [5, 5.41) is 12.6. The van der Waals surface area contributed by atoms with E-state index in [1.807, 2.05) is 24.3 Å². The molecule has 0 atom stereocenters. The minimum atomic E-state index is -0.160. The summed E-state index contributed by atoms with van der Waals surface area (Å²) >= 11 is 1.39. The standard InChI is InChI=1S/C24H29N5OS/c1-18-6-8-20(9-7-18)15-25-23(30)24-27-26-22(31-24)17-29-12-10-28(11-13-29)16-21-5-3-4-19(2)14-21/h3-9,14H,10-13,15-17H2,1-2H3,(H,25,30). The lowest BCUT2D eigenvalue weighted by Crippen LogP contribution is -2.45. The summed E-state index contributed by atoms with van der Waals surface area (Å²) < 4.78 is 0. The van der Waals surface area contributed by atoms with Crippen molar-refractivity contribution < 1.29 is 4.79 Å². The van der Waals surface area contributed by atoms with E-state index in [0.29, 0.717) is 11.6 Å². The van der Waals surface area contributed by atoms with E-state index in [9.17, 15) is 4.79 Å². The lowest BCUT2D eigenvalue weighted by atomic mass is 10.1. The van der Waals surface area contributed by atoms with Gasteiger partial charge in [-0.1, -0.05) is 71.0 Å². The smallest absolute Gasteiger partial charge is 0.282 e. The third kappa shape index (κ3) is 6.19. The number of aromatic nitrogens is 2. The average molecular weight is 436 g/mol. The largest absolute Gasteiger partial charge is 0.346 e. The number of nitrogens with zero attached hydrogens (tertiary/aromatic N) is 4. The van der Waals surface area contributed by atoms with Gasteiger partial charge in [-0.3, -0.25) is 14.6 Å². The molecule has 2 aromatic carbocycles. The first kappa shape index (κ1) is 21.6. The first-order valence-corrected chi connectivity index (χ1v) is 11.5. The zero-order chi connectivity index (χ0) is 21.6. The molecular weight excluding hydrogens is 406 g/mol. The maximum Gasteiger partial charge on any atom is 0.282 e. The van der Waals surface area contributed by atoms with Crippen LogP contribution >= 0.6 is 11.3 Å². The summed E-state index contributed by atoms with van der Waals surface area (Å²) in [4.78, 5) is 17.3. The van der Waals surface area contributed by atoms with Gasteiger partial charge in [-0.05, 0) is 25.0 Å². The van der Waals surface area contributed by atoms with Crippen molar-refractivity contribution in [3.63, 3.8) is 0 Å². The molecule has 1 aromatic heterocycles. The minimum Gasteiger partial charge on any atom is -0.346 e. The highest BCUT2D eigenvalue weighted by atomic mass is 32.1. The van der Waals surface area contributed by atoms with E-state index in [0.717, 1.165) is 49.8 Å². The molecule has 162 valence electrons. The van der Waals surface area contributed by atoms with Crippen LogP contribution in [0.25, 0.3) is 0 Å². The Balaban J connectivity index is 1.22. The van der Waals surface area contributed by atoms with Crippen LogP contribution in [0.15, 0.2) is 48.5 Å². The van der Waals surface area contributed by atoms with Crippen molar-refractivity contribution in [2.45, 2.75) is 33.5 Å². The number of carbonyl (C=O) groups is 1. The third-order valence-electron chi connectivity index (χ3n) is 5.55. The minimum absolute atomic E-state index is 0.160. The zero-order valence-corrected chi connectivity index (χ0v) is 19.0. The molecule has 6 nitrogen and oxygen atoms in total. The van der Waals surface area contributed by atoms with Gasteiger partial charge in [0.2, 0.25) is 5.01 Å². The Bertz CT molecular complexity index is 1010. The summed E-state index contributed by atoms with van der Waals surface area (Å²) in [7, 11) is 0. The van der Waals surface area contributed by atoms with Gasteiger partial charge in [-0.15, -0.1) is 10.2 Å². The van der Waals surface area contributed by atoms with Crippen molar-refractivity contribution in [3.05, 3.63) is 80.8 Å². The van der Waals surface area contributed by atoms with Gasteiger partial charge in [0.25, 0.3) is 5.91 Å². The number of rotatable bonds is 7. The highest BCUT2D eigenvalue weighted by molar-refractivity contribution is 7.13. The first-order valence-electron chi connectivity index (χ1n) is 10.7. The molecule has 1 saturated heterocycles. The Hall–Kier alpha value is -2.61. The van der Waals surface area contributed by atoms with Crippen LogP contribution in [-0.2, 0) is 19.6 Å². The molecule has 2 heterocycles. The van der Waals surface area contributed by atoms with Gasteiger partial charge in [0, 0.05) is 39.3 Å². The van der Waals surface area contributed by atoms with Crippen LogP contribution < -0.4 is 5.32 Å². The predicted molar refractivity (Wildman–Crippen MR) is 124 cm³/mol. The molecule has 31 heavy (non-hydrogen) atoms. The maximum absolute atomic E-state index is 12.4. The Morgan fingerprint density at radius 1 is 0.903 bits per heavy atom. The van der Waals surface area contributed by atoms with Crippen LogP contribution in [0, 0.1) is 13.8 Å². The molecule has 7 heteroatoms. The molecular formula is C24H29N5OS. The molecule has 1 N–H and O–H groups in total. The van der Waals surface area contributed by atoms with E-state index < -0.39 is 0 Å². The molecule has 0 spiro atoms. The van der Waals surface area contributed by atoms with Crippen molar-refractivity contribution in [1.82, 2.24) is 25.3 Å². The lowest BCUT2D eigenvalue weighted by molar-refractivity contribution is 0.0950. The predicted octanol–water partition coefficient (Wildman–Crippen LogP) is 3.40. The number of amides is 1. The van der Waals surface area contributed by atoms with Crippen LogP contribution in [0.3, 0.4) is 0 Å². The number of carbonyl (C=O) groups excluding carboxylic acids is 1. The van der Waals surface area contributed by atoms with Gasteiger partial charge >= 0.3 is 0 Å². The normalized spacial score (nSPS) is 15.2. The Morgan fingerprint density at radius 3 is 2.32 bits per heavy atom. The number of benzene rings is 2. The van der Waals surface area contributed by atoms with Crippen LogP contribution in [0.5, 0.6) is 0 Å². The summed E-state index contributed by atoms with van der Waals surface area (Å²) in [5.74, 6) is -0.160.